The van der Waals surface area contributed by atoms with E-state index in [-0.39, 0.29) is 11.5 Å². The van der Waals surface area contributed by atoms with Crippen molar-refractivity contribution in [2.24, 2.45) is 11.3 Å². The van der Waals surface area contributed by atoms with Crippen LogP contribution >= 0.6 is 0 Å². The molecule has 1 aromatic rings. The van der Waals surface area contributed by atoms with Gasteiger partial charge in [0, 0.05) is 30.8 Å². The summed E-state index contributed by atoms with van der Waals surface area (Å²) in [6.45, 7) is 7.71. The molecule has 4 atom stereocenters. The van der Waals surface area contributed by atoms with Crippen LogP contribution in [0.15, 0.2) is 18.3 Å². The van der Waals surface area contributed by atoms with Crippen LogP contribution in [0.4, 0.5) is 5.82 Å². The molecule has 1 aliphatic heterocycles. The van der Waals surface area contributed by atoms with Crippen molar-refractivity contribution < 1.29 is 14.5 Å². The molecule has 0 unspecified atom stereocenters. The SMILES string of the molecule is CCOC(=O)[C@H]1N[C@@H](c2cccnc2N(C)C)[C@@H]([N+](=O)[O-])[C@@H]1C(C)(C)C. The van der Waals surface area contributed by atoms with E-state index >= 15 is 0 Å². The third-order valence-electron chi connectivity index (χ3n) is 4.79. The summed E-state index contributed by atoms with van der Waals surface area (Å²) in [6.07, 6.45) is 1.65. The van der Waals surface area contributed by atoms with Crippen LogP contribution in [0.5, 0.6) is 0 Å². The smallest absolute Gasteiger partial charge is 0.323 e. The largest absolute Gasteiger partial charge is 0.465 e. The van der Waals surface area contributed by atoms with E-state index in [1.165, 1.54) is 0 Å². The molecule has 2 rings (SSSR count). The topological polar surface area (TPSA) is 97.6 Å². The van der Waals surface area contributed by atoms with Crippen LogP contribution in [0.2, 0.25) is 0 Å². The number of ether oxygens (including phenoxy) is 1. The number of nitrogens with zero attached hydrogens (tertiary/aromatic N) is 3. The summed E-state index contributed by atoms with van der Waals surface area (Å²) in [6, 6.07) is 1.24. The van der Waals surface area contributed by atoms with Gasteiger partial charge in [0.05, 0.1) is 12.5 Å². The van der Waals surface area contributed by atoms with Gasteiger partial charge in [-0.25, -0.2) is 4.98 Å². The first-order chi connectivity index (χ1) is 12.1. The Morgan fingerprint density at radius 3 is 2.58 bits per heavy atom. The molecule has 1 saturated heterocycles. The second kappa shape index (κ2) is 7.57. The first kappa shape index (κ1) is 20.1. The highest BCUT2D eigenvalue weighted by Crippen LogP contribution is 2.45. The van der Waals surface area contributed by atoms with Crippen LogP contribution in [0.1, 0.15) is 39.3 Å². The molecule has 8 heteroatoms. The lowest BCUT2D eigenvalue weighted by Gasteiger charge is -2.31. The van der Waals surface area contributed by atoms with Crippen molar-refractivity contribution in [2.45, 2.75) is 45.8 Å². The second-order valence-electron chi connectivity index (χ2n) is 7.85. The van der Waals surface area contributed by atoms with Gasteiger partial charge < -0.3 is 9.64 Å². The Kier molecular flexibility index (Phi) is 5.85. The maximum absolute atomic E-state index is 12.5. The highest BCUT2D eigenvalue weighted by molar-refractivity contribution is 5.77. The van der Waals surface area contributed by atoms with Gasteiger partial charge in [0.15, 0.2) is 0 Å². The fourth-order valence-electron chi connectivity index (χ4n) is 3.81. The average molecular weight is 364 g/mol. The summed E-state index contributed by atoms with van der Waals surface area (Å²) < 4.78 is 5.19. The molecule has 0 saturated carbocycles. The molecule has 1 N–H and O–H groups in total. The van der Waals surface area contributed by atoms with Crippen LogP contribution in [0, 0.1) is 21.4 Å². The third-order valence-corrected chi connectivity index (χ3v) is 4.79. The van der Waals surface area contributed by atoms with Gasteiger partial charge >= 0.3 is 5.97 Å². The zero-order chi connectivity index (χ0) is 19.6. The molecule has 0 spiro atoms. The molecule has 8 nitrogen and oxygen atoms in total. The van der Waals surface area contributed by atoms with E-state index in [0.29, 0.717) is 11.4 Å². The summed E-state index contributed by atoms with van der Waals surface area (Å²) >= 11 is 0. The lowest BCUT2D eigenvalue weighted by Crippen LogP contribution is -2.45. The van der Waals surface area contributed by atoms with E-state index in [4.69, 9.17) is 4.74 Å². The highest BCUT2D eigenvalue weighted by atomic mass is 16.6. The highest BCUT2D eigenvalue weighted by Gasteiger charge is 2.58. The maximum atomic E-state index is 12.5. The monoisotopic (exact) mass is 364 g/mol. The number of carbonyl (C=O) groups excluding carboxylic acids is 1. The predicted octanol–water partition coefficient (Wildman–Crippen LogP) is 2.03. The van der Waals surface area contributed by atoms with E-state index in [0.717, 1.165) is 0 Å². The van der Waals surface area contributed by atoms with Crippen LogP contribution in [-0.4, -0.2) is 48.7 Å². The molecule has 0 aromatic carbocycles. The van der Waals surface area contributed by atoms with Crippen molar-refractivity contribution in [1.82, 2.24) is 10.3 Å². The molecule has 1 fully saturated rings. The van der Waals surface area contributed by atoms with Gasteiger partial charge in [0.25, 0.3) is 0 Å². The van der Waals surface area contributed by atoms with Crippen molar-refractivity contribution >= 4 is 11.8 Å². The molecule has 1 aliphatic rings. The lowest BCUT2D eigenvalue weighted by atomic mass is 9.73. The quantitative estimate of drug-likeness (QED) is 0.485. The molecule has 0 aliphatic carbocycles. The second-order valence-corrected chi connectivity index (χ2v) is 7.85. The van der Waals surface area contributed by atoms with Crippen LogP contribution < -0.4 is 10.2 Å². The zero-order valence-electron chi connectivity index (χ0n) is 16.2. The number of nitrogens with one attached hydrogen (secondary N) is 1. The molecule has 0 amide bonds. The Bertz CT molecular complexity index is 671. The first-order valence-corrected chi connectivity index (χ1v) is 8.78. The van der Waals surface area contributed by atoms with E-state index in [1.54, 1.807) is 19.2 Å². The Balaban J connectivity index is 2.56. The number of esters is 1. The fraction of sp³-hybridized carbons (Fsp3) is 0.667. The minimum absolute atomic E-state index is 0.234. The van der Waals surface area contributed by atoms with Crippen molar-refractivity contribution in [2.75, 3.05) is 25.6 Å². The Hall–Kier alpha value is -2.22. The number of hydrogen-bond acceptors (Lipinski definition) is 7. The number of hydrogen-bond donors (Lipinski definition) is 1. The lowest BCUT2D eigenvalue weighted by molar-refractivity contribution is -0.535. The van der Waals surface area contributed by atoms with Gasteiger partial charge in [-0.1, -0.05) is 26.8 Å². The molecule has 144 valence electrons. The van der Waals surface area contributed by atoms with E-state index in [9.17, 15) is 14.9 Å². The molecular formula is C18H28N4O4. The number of carbonyl (C=O) groups is 1. The molecular weight excluding hydrogens is 336 g/mol. The summed E-state index contributed by atoms with van der Waals surface area (Å²) in [4.78, 5) is 30.5. The molecule has 0 radical (unpaired) electrons. The van der Waals surface area contributed by atoms with E-state index < -0.39 is 35.4 Å². The van der Waals surface area contributed by atoms with Gasteiger partial charge in [-0.15, -0.1) is 0 Å². The minimum atomic E-state index is -0.965. The normalized spacial score (nSPS) is 25.8. The molecule has 26 heavy (non-hydrogen) atoms. The Labute approximate surface area is 154 Å². The van der Waals surface area contributed by atoms with Crippen LogP contribution in [0.25, 0.3) is 0 Å². The third kappa shape index (κ3) is 3.80. The molecule has 1 aromatic heterocycles. The fourth-order valence-corrected chi connectivity index (χ4v) is 3.81. The summed E-state index contributed by atoms with van der Waals surface area (Å²) in [7, 11) is 3.68. The Morgan fingerprint density at radius 2 is 2.08 bits per heavy atom. The van der Waals surface area contributed by atoms with E-state index in [1.807, 2.05) is 45.8 Å². The Morgan fingerprint density at radius 1 is 1.42 bits per heavy atom. The van der Waals surface area contributed by atoms with E-state index in [2.05, 4.69) is 10.3 Å². The zero-order valence-corrected chi connectivity index (χ0v) is 16.2. The number of rotatable bonds is 5. The van der Waals surface area contributed by atoms with Crippen molar-refractivity contribution in [3.05, 3.63) is 34.0 Å². The van der Waals surface area contributed by atoms with Gasteiger partial charge in [0.2, 0.25) is 6.04 Å². The van der Waals surface area contributed by atoms with Crippen LogP contribution in [-0.2, 0) is 9.53 Å². The predicted molar refractivity (Wildman–Crippen MR) is 98.6 cm³/mol. The summed E-state index contributed by atoms with van der Waals surface area (Å²) in [5.74, 6) is -0.317. The summed E-state index contributed by atoms with van der Waals surface area (Å²) in [5, 5.41) is 15.2. The number of anilines is 1. The molecule has 0 bridgehead atoms. The van der Waals surface area contributed by atoms with Crippen LogP contribution in [0.3, 0.4) is 0 Å². The van der Waals surface area contributed by atoms with Gasteiger partial charge in [-0.2, -0.15) is 0 Å². The van der Waals surface area contributed by atoms with Crippen molar-refractivity contribution in [3.8, 4) is 0 Å². The number of aromatic nitrogens is 1. The number of pyridine rings is 1. The minimum Gasteiger partial charge on any atom is -0.465 e. The summed E-state index contributed by atoms with van der Waals surface area (Å²) in [5.41, 5.74) is 0.248. The number of nitro groups is 1. The molecule has 2 heterocycles. The average Bonchev–Trinajstić information content (AvgIpc) is 2.96. The van der Waals surface area contributed by atoms with Crippen molar-refractivity contribution in [3.63, 3.8) is 0 Å². The van der Waals surface area contributed by atoms with Crippen molar-refractivity contribution in [1.29, 1.82) is 0 Å². The standard InChI is InChI=1S/C18H28N4O4/c1-7-26-17(23)14-12(18(2,3)4)15(22(24)25)13(20-14)11-9-8-10-19-16(11)21(5)6/h8-10,12-15,20H,7H2,1-6H3/t12-,13+,14+,15+/m1/s1. The van der Waals surface area contributed by atoms with Gasteiger partial charge in [0.1, 0.15) is 17.9 Å². The van der Waals surface area contributed by atoms with Gasteiger partial charge in [-0.3, -0.25) is 20.2 Å². The van der Waals surface area contributed by atoms with Gasteiger partial charge in [-0.05, 0) is 18.4 Å². The first-order valence-electron chi connectivity index (χ1n) is 8.78. The maximum Gasteiger partial charge on any atom is 0.323 e.